The Kier molecular flexibility index (Phi) is 10.3. The lowest BCUT2D eigenvalue weighted by Crippen LogP contribution is -2.33. The maximum absolute atomic E-state index is 5.72. The first-order valence-corrected chi connectivity index (χ1v) is 5.66. The summed E-state index contributed by atoms with van der Waals surface area (Å²) in [6.45, 7) is 6.47. The fourth-order valence-corrected chi connectivity index (χ4v) is 1.29. The normalized spacial score (nSPS) is 13.4. The fraction of sp³-hybridized carbons (Fsp3) is 1.00. The molecule has 0 heterocycles. The van der Waals surface area contributed by atoms with E-state index in [1.165, 1.54) is 0 Å². The van der Waals surface area contributed by atoms with E-state index in [4.69, 9.17) is 9.47 Å². The number of hydrogen-bond donors (Lipinski definition) is 1. The van der Waals surface area contributed by atoms with Crippen LogP contribution in [0.3, 0.4) is 0 Å². The minimum absolute atomic E-state index is 0.178. The van der Waals surface area contributed by atoms with Gasteiger partial charge in [0.05, 0.1) is 12.7 Å². The van der Waals surface area contributed by atoms with Crippen LogP contribution in [0.2, 0.25) is 0 Å². The third-order valence-electron chi connectivity index (χ3n) is 2.08. The Morgan fingerprint density at radius 2 is 2.07 bits per heavy atom. The minimum Gasteiger partial charge on any atom is -0.382 e. The maximum atomic E-state index is 5.72. The lowest BCUT2D eigenvalue weighted by Gasteiger charge is -2.18. The Hall–Kier alpha value is -0.160. The number of nitrogens with one attached hydrogen (secondary N) is 1. The predicted molar refractivity (Wildman–Crippen MR) is 63.3 cm³/mol. The molecular weight excluding hydrogens is 192 g/mol. The van der Waals surface area contributed by atoms with Crippen molar-refractivity contribution < 1.29 is 9.47 Å². The van der Waals surface area contributed by atoms with Gasteiger partial charge >= 0.3 is 0 Å². The molecular formula is C11H26N2O2. The third kappa shape index (κ3) is 10.1. The molecule has 4 nitrogen and oxygen atoms in total. The van der Waals surface area contributed by atoms with E-state index in [2.05, 4.69) is 31.2 Å². The summed E-state index contributed by atoms with van der Waals surface area (Å²) in [5, 5.41) is 3.27. The standard InChI is InChI=1S/C11H26N2O2/c1-5-12-9-11(10-14-4)15-8-6-7-13(2)3/h11-12H,5-10H2,1-4H3. The van der Waals surface area contributed by atoms with Crippen LogP contribution in [0, 0.1) is 0 Å². The van der Waals surface area contributed by atoms with E-state index in [0.29, 0.717) is 6.61 Å². The van der Waals surface area contributed by atoms with Crippen LogP contribution in [0.1, 0.15) is 13.3 Å². The molecule has 0 spiro atoms. The molecule has 0 aliphatic rings. The molecule has 0 aromatic heterocycles. The van der Waals surface area contributed by atoms with Crippen molar-refractivity contribution in [2.24, 2.45) is 0 Å². The average Bonchev–Trinajstić information content (AvgIpc) is 2.20. The molecule has 92 valence electrons. The summed E-state index contributed by atoms with van der Waals surface area (Å²) in [5.74, 6) is 0. The largest absolute Gasteiger partial charge is 0.382 e. The van der Waals surface area contributed by atoms with Crippen LogP contribution in [0.25, 0.3) is 0 Å². The smallest absolute Gasteiger partial charge is 0.0932 e. The van der Waals surface area contributed by atoms with E-state index in [9.17, 15) is 0 Å². The summed E-state index contributed by atoms with van der Waals surface area (Å²) in [4.78, 5) is 2.17. The van der Waals surface area contributed by atoms with Crippen LogP contribution in [-0.2, 0) is 9.47 Å². The highest BCUT2D eigenvalue weighted by Crippen LogP contribution is 1.94. The second-order valence-corrected chi connectivity index (χ2v) is 3.91. The van der Waals surface area contributed by atoms with Crippen LogP contribution in [0.4, 0.5) is 0 Å². The first-order valence-electron chi connectivity index (χ1n) is 5.66. The molecule has 0 saturated carbocycles. The Labute approximate surface area is 93.9 Å². The van der Waals surface area contributed by atoms with E-state index >= 15 is 0 Å². The SMILES string of the molecule is CCNCC(COC)OCCCN(C)C. The predicted octanol–water partition coefficient (Wildman–Crippen LogP) is 0.579. The van der Waals surface area contributed by atoms with E-state index < -0.39 is 0 Å². The number of rotatable bonds is 10. The summed E-state index contributed by atoms with van der Waals surface area (Å²) >= 11 is 0. The lowest BCUT2D eigenvalue weighted by molar-refractivity contribution is -0.00295. The van der Waals surface area contributed by atoms with Crippen LogP contribution in [0.15, 0.2) is 0 Å². The Balaban J connectivity index is 3.47. The van der Waals surface area contributed by atoms with Gasteiger partial charge in [0.25, 0.3) is 0 Å². The number of ether oxygens (including phenoxy) is 2. The highest BCUT2D eigenvalue weighted by atomic mass is 16.5. The molecule has 0 radical (unpaired) electrons. The van der Waals surface area contributed by atoms with Crippen LogP contribution < -0.4 is 5.32 Å². The van der Waals surface area contributed by atoms with Gasteiger partial charge in [0.15, 0.2) is 0 Å². The van der Waals surface area contributed by atoms with E-state index in [1.807, 2.05) is 0 Å². The molecule has 0 aliphatic heterocycles. The van der Waals surface area contributed by atoms with Crippen molar-refractivity contribution in [3.05, 3.63) is 0 Å². The first kappa shape index (κ1) is 14.8. The van der Waals surface area contributed by atoms with Crippen LogP contribution >= 0.6 is 0 Å². The van der Waals surface area contributed by atoms with Gasteiger partial charge in [-0.1, -0.05) is 6.92 Å². The molecule has 15 heavy (non-hydrogen) atoms. The summed E-state index contributed by atoms with van der Waals surface area (Å²) in [5.41, 5.74) is 0. The minimum atomic E-state index is 0.178. The van der Waals surface area contributed by atoms with E-state index in [-0.39, 0.29) is 6.10 Å². The highest BCUT2D eigenvalue weighted by molar-refractivity contribution is 4.60. The number of hydrogen-bond acceptors (Lipinski definition) is 4. The monoisotopic (exact) mass is 218 g/mol. The first-order chi connectivity index (χ1) is 7.20. The zero-order valence-corrected chi connectivity index (χ0v) is 10.6. The van der Waals surface area contributed by atoms with Crippen molar-refractivity contribution >= 4 is 0 Å². The van der Waals surface area contributed by atoms with E-state index in [1.54, 1.807) is 7.11 Å². The van der Waals surface area contributed by atoms with Gasteiger partial charge in [0, 0.05) is 20.3 Å². The molecule has 0 fully saturated rings. The second-order valence-electron chi connectivity index (χ2n) is 3.91. The molecule has 0 bridgehead atoms. The highest BCUT2D eigenvalue weighted by Gasteiger charge is 2.07. The van der Waals surface area contributed by atoms with Gasteiger partial charge in [-0.05, 0) is 33.6 Å². The third-order valence-corrected chi connectivity index (χ3v) is 2.08. The van der Waals surface area contributed by atoms with Gasteiger partial charge < -0.3 is 19.7 Å². The fourth-order valence-electron chi connectivity index (χ4n) is 1.29. The zero-order chi connectivity index (χ0) is 11.5. The topological polar surface area (TPSA) is 33.7 Å². The molecule has 0 amide bonds. The van der Waals surface area contributed by atoms with Crippen molar-refractivity contribution in [2.75, 3.05) is 54.1 Å². The van der Waals surface area contributed by atoms with Gasteiger partial charge in [0.2, 0.25) is 0 Å². The van der Waals surface area contributed by atoms with Crippen LogP contribution in [-0.4, -0.2) is 65.1 Å². The molecule has 4 heteroatoms. The quantitative estimate of drug-likeness (QED) is 0.544. The van der Waals surface area contributed by atoms with Gasteiger partial charge in [-0.2, -0.15) is 0 Å². The molecule has 0 aliphatic carbocycles. The van der Waals surface area contributed by atoms with Gasteiger partial charge in [-0.15, -0.1) is 0 Å². The summed E-state index contributed by atoms with van der Waals surface area (Å²) in [7, 11) is 5.86. The molecule has 1 atom stereocenters. The van der Waals surface area contributed by atoms with Crippen molar-refractivity contribution in [3.8, 4) is 0 Å². The van der Waals surface area contributed by atoms with Crippen molar-refractivity contribution in [2.45, 2.75) is 19.4 Å². The molecule has 1 N–H and O–H groups in total. The average molecular weight is 218 g/mol. The second kappa shape index (κ2) is 10.4. The maximum Gasteiger partial charge on any atom is 0.0932 e. The Morgan fingerprint density at radius 3 is 2.60 bits per heavy atom. The lowest BCUT2D eigenvalue weighted by atomic mass is 10.3. The van der Waals surface area contributed by atoms with Crippen molar-refractivity contribution in [1.29, 1.82) is 0 Å². The van der Waals surface area contributed by atoms with Gasteiger partial charge in [-0.25, -0.2) is 0 Å². The van der Waals surface area contributed by atoms with Gasteiger partial charge in [-0.3, -0.25) is 0 Å². The van der Waals surface area contributed by atoms with Crippen molar-refractivity contribution in [1.82, 2.24) is 10.2 Å². The van der Waals surface area contributed by atoms with E-state index in [0.717, 1.165) is 32.7 Å². The van der Waals surface area contributed by atoms with Crippen LogP contribution in [0.5, 0.6) is 0 Å². The molecule has 0 saturated heterocycles. The Morgan fingerprint density at radius 1 is 1.33 bits per heavy atom. The number of methoxy groups -OCH3 is 1. The molecule has 0 aromatic rings. The molecule has 1 unspecified atom stereocenters. The Bertz CT molecular complexity index is 132. The summed E-state index contributed by atoms with van der Waals surface area (Å²) in [6.07, 6.45) is 1.25. The number of likely N-dealkylation sites (N-methyl/N-ethyl adjacent to an activating group) is 1. The van der Waals surface area contributed by atoms with Gasteiger partial charge in [0.1, 0.15) is 0 Å². The molecule has 0 aromatic carbocycles. The number of nitrogens with zero attached hydrogens (tertiary/aromatic N) is 1. The summed E-state index contributed by atoms with van der Waals surface area (Å²) < 4.78 is 10.8. The van der Waals surface area contributed by atoms with Crippen molar-refractivity contribution in [3.63, 3.8) is 0 Å². The summed E-state index contributed by atoms with van der Waals surface area (Å²) in [6, 6.07) is 0. The molecule has 0 rings (SSSR count). The zero-order valence-electron chi connectivity index (χ0n) is 10.6.